The van der Waals surface area contributed by atoms with E-state index in [2.05, 4.69) is 0 Å². The summed E-state index contributed by atoms with van der Waals surface area (Å²) in [6.07, 6.45) is -0.195. The molecule has 18 heavy (non-hydrogen) atoms. The van der Waals surface area contributed by atoms with Crippen LogP contribution in [-0.2, 0) is 13.9 Å². The minimum atomic E-state index is -3.49. The van der Waals surface area contributed by atoms with Gasteiger partial charge in [-0.05, 0) is 32.9 Å². The van der Waals surface area contributed by atoms with Crippen molar-refractivity contribution in [1.29, 1.82) is 0 Å². The summed E-state index contributed by atoms with van der Waals surface area (Å²) in [5, 5.41) is 9.12. The molecular weight excluding hydrogens is 251 g/mol. The first-order chi connectivity index (χ1) is 8.33. The smallest absolute Gasteiger partial charge is 0.262 e. The number of aliphatic hydroxyl groups is 1. The minimum absolute atomic E-state index is 0.195. The summed E-state index contributed by atoms with van der Waals surface area (Å²) in [6.45, 7) is 4.66. The summed E-state index contributed by atoms with van der Waals surface area (Å²) < 4.78 is 18.3. The second kappa shape index (κ2) is 5.79. The maximum atomic E-state index is 12.9. The molecule has 2 atom stereocenters. The highest BCUT2D eigenvalue weighted by atomic mass is 31.2. The van der Waals surface area contributed by atoms with Crippen LogP contribution < -0.4 is 5.30 Å². The lowest BCUT2D eigenvalue weighted by molar-refractivity contribution is -0.119. The van der Waals surface area contributed by atoms with E-state index in [1.165, 1.54) is 13.8 Å². The molecule has 1 aromatic carbocycles. The van der Waals surface area contributed by atoms with Crippen LogP contribution >= 0.6 is 7.37 Å². The summed E-state index contributed by atoms with van der Waals surface area (Å²) >= 11 is 0. The Morgan fingerprint density at radius 3 is 2.39 bits per heavy atom. The van der Waals surface area contributed by atoms with Crippen molar-refractivity contribution in [3.05, 3.63) is 30.3 Å². The number of carbonyl (C=O) groups is 1. The van der Waals surface area contributed by atoms with Crippen LogP contribution in [0, 0.1) is 0 Å². The van der Waals surface area contributed by atoms with E-state index < -0.39 is 12.7 Å². The van der Waals surface area contributed by atoms with Crippen molar-refractivity contribution >= 4 is 18.5 Å². The Balaban J connectivity index is 3.23. The van der Waals surface area contributed by atoms with Gasteiger partial charge in [0.25, 0.3) is 7.37 Å². The molecule has 5 heteroatoms. The lowest BCUT2D eigenvalue weighted by Crippen LogP contribution is -2.33. The molecule has 0 radical (unpaired) electrons. The Kier molecular flexibility index (Phi) is 4.85. The van der Waals surface area contributed by atoms with Gasteiger partial charge in [-0.1, -0.05) is 18.2 Å². The molecule has 100 valence electrons. The fourth-order valence-corrected chi connectivity index (χ4v) is 4.22. The van der Waals surface area contributed by atoms with Crippen molar-refractivity contribution in [1.82, 2.24) is 0 Å². The van der Waals surface area contributed by atoms with Crippen LogP contribution in [-0.4, -0.2) is 22.8 Å². The molecular formula is C13H19O4P. The van der Waals surface area contributed by atoms with E-state index in [0.29, 0.717) is 5.30 Å². The maximum absolute atomic E-state index is 12.9. The quantitative estimate of drug-likeness (QED) is 0.806. The standard InChI is InChI=1S/C13H19O4P/c1-4-17-18(16,12-8-6-5-7-9-12)13(3,15)10-11(2)14/h5-9,15H,4,10H2,1-3H3/t13-,18-/m0/s1. The molecule has 0 saturated carbocycles. The second-order valence-electron chi connectivity index (χ2n) is 4.40. The zero-order chi connectivity index (χ0) is 13.8. The second-order valence-corrected chi connectivity index (χ2v) is 7.24. The van der Waals surface area contributed by atoms with Crippen LogP contribution in [0.4, 0.5) is 0 Å². The van der Waals surface area contributed by atoms with Crippen molar-refractivity contribution in [3.63, 3.8) is 0 Å². The molecule has 1 rings (SSSR count). The highest BCUT2D eigenvalue weighted by Gasteiger charge is 2.46. The molecule has 0 aliphatic rings. The largest absolute Gasteiger partial charge is 0.379 e. The highest BCUT2D eigenvalue weighted by molar-refractivity contribution is 7.68. The molecule has 4 nitrogen and oxygen atoms in total. The Bertz CT molecular complexity index is 453. The number of benzene rings is 1. The van der Waals surface area contributed by atoms with Crippen LogP contribution in [0.5, 0.6) is 0 Å². The average molecular weight is 270 g/mol. The summed E-state index contributed by atoms with van der Waals surface area (Å²) in [5.74, 6) is -0.226. The van der Waals surface area contributed by atoms with Crippen molar-refractivity contribution in [3.8, 4) is 0 Å². The number of carbonyl (C=O) groups excluding carboxylic acids is 1. The van der Waals surface area contributed by atoms with Crippen LogP contribution in [0.1, 0.15) is 27.2 Å². The van der Waals surface area contributed by atoms with Crippen molar-refractivity contribution in [2.24, 2.45) is 0 Å². The van der Waals surface area contributed by atoms with E-state index in [1.807, 2.05) is 0 Å². The predicted octanol–water partition coefficient (Wildman–Crippen LogP) is 2.31. The van der Waals surface area contributed by atoms with Gasteiger partial charge in [0.2, 0.25) is 0 Å². The third-order valence-corrected chi connectivity index (χ3v) is 5.65. The van der Waals surface area contributed by atoms with E-state index in [1.54, 1.807) is 37.3 Å². The fraction of sp³-hybridized carbons (Fsp3) is 0.462. The highest BCUT2D eigenvalue weighted by Crippen LogP contribution is 2.58. The molecule has 0 amide bonds. The normalized spacial score (nSPS) is 17.8. The molecule has 1 aromatic rings. The third-order valence-electron chi connectivity index (χ3n) is 2.63. The van der Waals surface area contributed by atoms with Crippen molar-refractivity contribution in [2.45, 2.75) is 32.5 Å². The molecule has 0 unspecified atom stereocenters. The molecule has 0 saturated heterocycles. The average Bonchev–Trinajstić information content (AvgIpc) is 2.28. The van der Waals surface area contributed by atoms with Crippen molar-refractivity contribution in [2.75, 3.05) is 6.61 Å². The number of hydrogen-bond donors (Lipinski definition) is 1. The van der Waals surface area contributed by atoms with Gasteiger partial charge < -0.3 is 9.63 Å². The van der Waals surface area contributed by atoms with Crippen molar-refractivity contribution < 1.29 is 19.0 Å². The molecule has 0 aromatic heterocycles. The van der Waals surface area contributed by atoms with Gasteiger partial charge in [0, 0.05) is 11.7 Å². The number of Topliss-reactive ketones (excluding diaryl/α,β-unsaturated/α-hetero) is 1. The van der Waals surface area contributed by atoms with E-state index in [0.717, 1.165) is 0 Å². The molecule has 0 aliphatic carbocycles. The predicted molar refractivity (Wildman–Crippen MR) is 71.2 cm³/mol. The topological polar surface area (TPSA) is 63.6 Å². The molecule has 0 spiro atoms. The van der Waals surface area contributed by atoms with Gasteiger partial charge in [-0.2, -0.15) is 0 Å². The van der Waals surface area contributed by atoms with Gasteiger partial charge >= 0.3 is 0 Å². The molecule has 0 bridgehead atoms. The minimum Gasteiger partial charge on any atom is -0.379 e. The lowest BCUT2D eigenvalue weighted by atomic mass is 10.2. The van der Waals surface area contributed by atoms with Gasteiger partial charge in [-0.15, -0.1) is 0 Å². The number of hydrogen-bond acceptors (Lipinski definition) is 4. The maximum Gasteiger partial charge on any atom is 0.262 e. The van der Waals surface area contributed by atoms with E-state index in [-0.39, 0.29) is 18.8 Å². The fourth-order valence-electron chi connectivity index (χ4n) is 1.87. The van der Waals surface area contributed by atoms with E-state index >= 15 is 0 Å². The molecule has 0 aliphatic heterocycles. The Morgan fingerprint density at radius 1 is 1.39 bits per heavy atom. The first-order valence-corrected chi connectivity index (χ1v) is 7.48. The molecule has 0 heterocycles. The van der Waals surface area contributed by atoms with Gasteiger partial charge in [-0.3, -0.25) is 9.36 Å². The zero-order valence-electron chi connectivity index (χ0n) is 10.9. The molecule has 1 N–H and O–H groups in total. The van der Waals surface area contributed by atoms with E-state index in [9.17, 15) is 14.5 Å². The SMILES string of the molecule is CCO[P@@](=O)(c1ccccc1)[C@](C)(O)CC(C)=O. The summed E-state index contributed by atoms with van der Waals surface area (Å²) in [5.41, 5.74) is 0. The zero-order valence-corrected chi connectivity index (χ0v) is 11.8. The number of ketones is 1. The Hall–Kier alpha value is -0.960. The molecule has 0 fully saturated rings. The lowest BCUT2D eigenvalue weighted by Gasteiger charge is -2.32. The van der Waals surface area contributed by atoms with Crippen LogP contribution in [0.2, 0.25) is 0 Å². The third kappa shape index (κ3) is 3.08. The summed E-state index contributed by atoms with van der Waals surface area (Å²) in [4.78, 5) is 11.2. The van der Waals surface area contributed by atoms with Gasteiger partial charge in [0.1, 0.15) is 11.1 Å². The van der Waals surface area contributed by atoms with E-state index in [4.69, 9.17) is 4.52 Å². The Morgan fingerprint density at radius 2 is 1.94 bits per heavy atom. The first-order valence-electron chi connectivity index (χ1n) is 5.85. The van der Waals surface area contributed by atoms with Gasteiger partial charge in [0.15, 0.2) is 0 Å². The van der Waals surface area contributed by atoms with Gasteiger partial charge in [0.05, 0.1) is 6.61 Å². The van der Waals surface area contributed by atoms with Crippen LogP contribution in [0.3, 0.4) is 0 Å². The van der Waals surface area contributed by atoms with Crippen LogP contribution in [0.15, 0.2) is 30.3 Å². The Labute approximate surface area is 107 Å². The van der Waals surface area contributed by atoms with Crippen LogP contribution in [0.25, 0.3) is 0 Å². The monoisotopic (exact) mass is 270 g/mol. The first kappa shape index (κ1) is 15.1. The van der Waals surface area contributed by atoms with Gasteiger partial charge in [-0.25, -0.2) is 0 Å². The number of rotatable bonds is 6. The summed E-state index contributed by atoms with van der Waals surface area (Å²) in [7, 11) is -3.49. The summed E-state index contributed by atoms with van der Waals surface area (Å²) in [6, 6.07) is 8.53.